The van der Waals surface area contributed by atoms with Gasteiger partial charge in [-0.15, -0.1) is 0 Å². The highest BCUT2D eigenvalue weighted by Gasteiger charge is 2.51. The molecule has 2 heterocycles. The number of carbonyl (C=O) groups is 2. The van der Waals surface area contributed by atoms with Gasteiger partial charge < -0.3 is 24.4 Å². The lowest BCUT2D eigenvalue weighted by molar-refractivity contribution is -0.135. The van der Waals surface area contributed by atoms with Gasteiger partial charge in [-0.3, -0.25) is 9.59 Å². The quantitative estimate of drug-likeness (QED) is 0.213. The maximum Gasteiger partial charge on any atom is 0.228 e. The second-order valence-corrected chi connectivity index (χ2v) is 17.5. The summed E-state index contributed by atoms with van der Waals surface area (Å²) in [5.41, 5.74) is 3.43. The Bertz CT molecular complexity index is 1410. The normalized spacial score (nSPS) is 21.7. The van der Waals surface area contributed by atoms with Crippen LogP contribution in [0.2, 0.25) is 18.6 Å². The molecule has 8 heteroatoms. The molecule has 234 valence electrons. The van der Waals surface area contributed by atoms with Gasteiger partial charge in [-0.2, -0.15) is 0 Å². The predicted molar refractivity (Wildman–Crippen MR) is 177 cm³/mol. The lowest BCUT2D eigenvalue weighted by atomic mass is 9.94. The Morgan fingerprint density at radius 3 is 2.39 bits per heavy atom. The van der Waals surface area contributed by atoms with E-state index in [-0.39, 0.29) is 48.5 Å². The summed E-state index contributed by atoms with van der Waals surface area (Å²) in [5, 5.41) is 11.1. The highest BCUT2D eigenvalue weighted by molar-refractivity contribution is 6.91. The molecule has 0 saturated carbocycles. The van der Waals surface area contributed by atoms with E-state index < -0.39 is 8.07 Å². The van der Waals surface area contributed by atoms with Crippen molar-refractivity contribution in [2.75, 3.05) is 31.7 Å². The second-order valence-electron chi connectivity index (χ2n) is 12.8. The van der Waals surface area contributed by atoms with E-state index in [1.807, 2.05) is 59.5 Å². The van der Waals surface area contributed by atoms with Crippen molar-refractivity contribution in [1.82, 2.24) is 4.90 Å². The number of anilines is 1. The molecule has 3 aromatic carbocycles. The standard InChI is InChI=1S/C36H46N2O5Si/c1-26-32(18-13-27-11-8-12-29(23-27)38-20-19-34(38)40)43-33(36(26)44(3,4)31-16-14-30(42-2)15-17-31)24-35(41)37(21-22-39)25-28-9-6-5-7-10-28/h5-12,14-17,23,26,32-33,36,39H,13,18-22,24-25H2,1-4H3/t26-,32+,33-,36+/m1/s1. The molecule has 0 bridgehead atoms. The second kappa shape index (κ2) is 14.1. The molecule has 2 saturated heterocycles. The third kappa shape index (κ3) is 7.09. The smallest absolute Gasteiger partial charge is 0.228 e. The Balaban J connectivity index is 1.36. The van der Waals surface area contributed by atoms with Crippen molar-refractivity contribution in [3.05, 3.63) is 90.0 Å². The summed E-state index contributed by atoms with van der Waals surface area (Å²) in [4.78, 5) is 29.5. The molecule has 4 atom stereocenters. The van der Waals surface area contributed by atoms with Gasteiger partial charge in [-0.05, 0) is 59.7 Å². The van der Waals surface area contributed by atoms with Crippen molar-refractivity contribution < 1.29 is 24.2 Å². The Kier molecular flexibility index (Phi) is 10.2. The van der Waals surface area contributed by atoms with E-state index >= 15 is 0 Å². The SMILES string of the molecule is COc1ccc([Si](C)(C)[C@H]2[C@H](C)[C@H](CCc3cccc(N4CCC4=O)c3)O[C@@H]2CC(=O)N(CCO)Cc2ccccc2)cc1. The van der Waals surface area contributed by atoms with Gasteiger partial charge in [-0.1, -0.05) is 79.8 Å². The zero-order chi connectivity index (χ0) is 31.3. The number of aliphatic hydroxyl groups is 1. The van der Waals surface area contributed by atoms with Gasteiger partial charge >= 0.3 is 0 Å². The van der Waals surface area contributed by atoms with E-state index in [1.165, 1.54) is 10.8 Å². The van der Waals surface area contributed by atoms with Gasteiger partial charge in [0.05, 0.1) is 40.4 Å². The van der Waals surface area contributed by atoms with Crippen molar-refractivity contribution in [3.63, 3.8) is 0 Å². The summed E-state index contributed by atoms with van der Waals surface area (Å²) in [6.45, 7) is 8.53. The molecule has 5 rings (SSSR count). The van der Waals surface area contributed by atoms with Gasteiger partial charge in [0.2, 0.25) is 11.8 Å². The average molecular weight is 615 g/mol. The number of rotatable bonds is 13. The molecule has 1 N–H and O–H groups in total. The number of aryl methyl sites for hydroxylation is 1. The molecule has 2 amide bonds. The summed E-state index contributed by atoms with van der Waals surface area (Å²) >= 11 is 0. The van der Waals surface area contributed by atoms with Crippen molar-refractivity contribution in [3.8, 4) is 5.75 Å². The van der Waals surface area contributed by atoms with Crippen LogP contribution in [-0.2, 0) is 27.3 Å². The van der Waals surface area contributed by atoms with E-state index in [9.17, 15) is 14.7 Å². The van der Waals surface area contributed by atoms with Crippen LogP contribution >= 0.6 is 0 Å². The minimum atomic E-state index is -2.13. The Morgan fingerprint density at radius 1 is 1.02 bits per heavy atom. The molecule has 0 spiro atoms. The lowest BCUT2D eigenvalue weighted by Crippen LogP contribution is -2.51. The molecular formula is C36H46N2O5Si. The number of hydrogen-bond donors (Lipinski definition) is 1. The van der Waals surface area contributed by atoms with Gasteiger partial charge in [0.15, 0.2) is 0 Å². The van der Waals surface area contributed by atoms with Crippen molar-refractivity contribution in [1.29, 1.82) is 0 Å². The Labute approximate surface area is 262 Å². The maximum absolute atomic E-state index is 13.8. The molecule has 2 fully saturated rings. The number of β-lactam (4-membered cyclic amide) rings is 1. The van der Waals surface area contributed by atoms with E-state index in [0.29, 0.717) is 19.5 Å². The molecule has 3 aromatic rings. The highest BCUT2D eigenvalue weighted by atomic mass is 28.3. The molecule has 0 aromatic heterocycles. The van der Waals surface area contributed by atoms with Crippen LogP contribution in [0.15, 0.2) is 78.9 Å². The highest BCUT2D eigenvalue weighted by Crippen LogP contribution is 2.46. The van der Waals surface area contributed by atoms with Crippen LogP contribution in [-0.4, -0.2) is 68.9 Å². The van der Waals surface area contributed by atoms with E-state index in [2.05, 4.69) is 44.3 Å². The van der Waals surface area contributed by atoms with E-state index in [4.69, 9.17) is 9.47 Å². The first-order valence-electron chi connectivity index (χ1n) is 15.8. The molecule has 44 heavy (non-hydrogen) atoms. The fourth-order valence-corrected chi connectivity index (χ4v) is 11.2. The van der Waals surface area contributed by atoms with E-state index in [0.717, 1.165) is 36.4 Å². The predicted octanol–water partition coefficient (Wildman–Crippen LogP) is 5.17. The number of methoxy groups -OCH3 is 1. The van der Waals surface area contributed by atoms with E-state index in [1.54, 1.807) is 12.0 Å². The number of hydrogen-bond acceptors (Lipinski definition) is 5. The van der Waals surface area contributed by atoms with Gasteiger partial charge in [0.25, 0.3) is 0 Å². The molecule has 2 aliphatic heterocycles. The van der Waals surface area contributed by atoms with Crippen LogP contribution in [0.1, 0.15) is 37.3 Å². The molecule has 0 radical (unpaired) electrons. The summed E-state index contributed by atoms with van der Waals surface area (Å²) in [6.07, 6.45) is 2.39. The molecule has 2 aliphatic rings. The van der Waals surface area contributed by atoms with Gasteiger partial charge in [0.1, 0.15) is 5.75 Å². The third-order valence-electron chi connectivity index (χ3n) is 9.68. The summed E-state index contributed by atoms with van der Waals surface area (Å²) in [6, 6.07) is 26.6. The first-order valence-corrected chi connectivity index (χ1v) is 18.9. The van der Waals surface area contributed by atoms with Crippen LogP contribution in [0.5, 0.6) is 5.75 Å². The average Bonchev–Trinajstić information content (AvgIpc) is 3.34. The van der Waals surface area contributed by atoms with Crippen molar-refractivity contribution in [2.24, 2.45) is 5.92 Å². The van der Waals surface area contributed by atoms with Crippen molar-refractivity contribution >= 4 is 30.8 Å². The molecule has 7 nitrogen and oxygen atoms in total. The molecule has 0 unspecified atom stereocenters. The maximum atomic E-state index is 13.8. The molecule has 0 aliphatic carbocycles. The number of aliphatic hydroxyl groups excluding tert-OH is 1. The fraction of sp³-hybridized carbons (Fsp3) is 0.444. The van der Waals surface area contributed by atoms with Crippen molar-refractivity contribution in [2.45, 2.75) is 70.0 Å². The number of amides is 2. The Morgan fingerprint density at radius 2 is 1.75 bits per heavy atom. The molecular weight excluding hydrogens is 568 g/mol. The number of nitrogens with zero attached hydrogens (tertiary/aromatic N) is 2. The summed E-state index contributed by atoms with van der Waals surface area (Å²) < 4.78 is 12.3. The Hall–Kier alpha value is -3.46. The largest absolute Gasteiger partial charge is 0.497 e. The van der Waals surface area contributed by atoms with Gasteiger partial charge in [0, 0.05) is 31.7 Å². The third-order valence-corrected chi connectivity index (χ3v) is 14.1. The van der Waals surface area contributed by atoms with Gasteiger partial charge in [-0.25, -0.2) is 0 Å². The lowest BCUT2D eigenvalue weighted by Gasteiger charge is -2.36. The van der Waals surface area contributed by atoms with Crippen LogP contribution in [0.25, 0.3) is 0 Å². The fourth-order valence-electron chi connectivity index (χ4n) is 7.14. The number of benzene rings is 3. The number of ether oxygens (including phenoxy) is 2. The first kappa shape index (κ1) is 31.9. The van der Waals surface area contributed by atoms with Crippen LogP contribution in [0.4, 0.5) is 5.69 Å². The zero-order valence-corrected chi connectivity index (χ0v) is 27.4. The summed E-state index contributed by atoms with van der Waals surface area (Å²) in [5.74, 6) is 1.29. The minimum Gasteiger partial charge on any atom is -0.497 e. The van der Waals surface area contributed by atoms with Crippen LogP contribution in [0.3, 0.4) is 0 Å². The minimum absolute atomic E-state index is 0.0113. The number of carbonyl (C=O) groups excluding carboxylic acids is 2. The first-order chi connectivity index (χ1) is 21.2. The zero-order valence-electron chi connectivity index (χ0n) is 26.4. The van der Waals surface area contributed by atoms with Crippen LogP contribution < -0.4 is 14.8 Å². The van der Waals surface area contributed by atoms with Crippen LogP contribution in [0, 0.1) is 5.92 Å². The summed E-state index contributed by atoms with van der Waals surface area (Å²) in [7, 11) is -0.444. The topological polar surface area (TPSA) is 79.3 Å². The monoisotopic (exact) mass is 614 g/mol.